The van der Waals surface area contributed by atoms with E-state index in [1.807, 2.05) is 7.05 Å². The van der Waals surface area contributed by atoms with Gasteiger partial charge in [0, 0.05) is 25.7 Å². The molecule has 0 amide bonds. The van der Waals surface area contributed by atoms with Gasteiger partial charge in [-0.25, -0.2) is 12.7 Å². The van der Waals surface area contributed by atoms with E-state index in [9.17, 15) is 8.42 Å². The number of unbranched alkanes of at least 4 members (excludes halogenated alkanes) is 1. The molecule has 0 bridgehead atoms. The molecule has 1 aromatic carbocycles. The van der Waals surface area contributed by atoms with Crippen molar-refractivity contribution in [2.75, 3.05) is 27.7 Å². The molecule has 21 heavy (non-hydrogen) atoms. The molecule has 0 saturated heterocycles. The lowest BCUT2D eigenvalue weighted by Gasteiger charge is -2.18. The van der Waals surface area contributed by atoms with Crippen LogP contribution >= 0.6 is 0 Å². The van der Waals surface area contributed by atoms with Crippen molar-refractivity contribution < 1.29 is 13.2 Å². The highest BCUT2D eigenvalue weighted by molar-refractivity contribution is 7.89. The van der Waals surface area contributed by atoms with Gasteiger partial charge in [0.15, 0.2) is 0 Å². The summed E-state index contributed by atoms with van der Waals surface area (Å²) in [5, 5.41) is 3.01. The zero-order chi connectivity index (χ0) is 15.9. The highest BCUT2D eigenvalue weighted by Gasteiger charge is 2.21. The number of methoxy groups -OCH3 is 1. The summed E-state index contributed by atoms with van der Waals surface area (Å²) in [5.41, 5.74) is 0.820. The van der Waals surface area contributed by atoms with E-state index in [-0.39, 0.29) is 4.90 Å². The Labute approximate surface area is 127 Å². The minimum Gasteiger partial charge on any atom is -0.496 e. The summed E-state index contributed by atoms with van der Waals surface area (Å²) in [4.78, 5) is 0.287. The van der Waals surface area contributed by atoms with Gasteiger partial charge in [-0.05, 0) is 38.1 Å². The van der Waals surface area contributed by atoms with Crippen molar-refractivity contribution in [2.24, 2.45) is 0 Å². The highest BCUT2D eigenvalue weighted by atomic mass is 32.2. The van der Waals surface area contributed by atoms with E-state index in [0.717, 1.165) is 18.4 Å². The molecule has 0 aliphatic heterocycles. The Morgan fingerprint density at radius 1 is 1.43 bits per heavy atom. The first-order valence-electron chi connectivity index (χ1n) is 6.86. The smallest absolute Gasteiger partial charge is 0.242 e. The number of sulfonamides is 1. The minimum absolute atomic E-state index is 0.287. The molecular formula is C15H24N2O3S. The van der Waals surface area contributed by atoms with E-state index < -0.39 is 10.0 Å². The van der Waals surface area contributed by atoms with Crippen LogP contribution in [0.3, 0.4) is 0 Å². The molecule has 0 heterocycles. The van der Waals surface area contributed by atoms with Crippen molar-refractivity contribution in [3.63, 3.8) is 0 Å². The van der Waals surface area contributed by atoms with Crippen molar-refractivity contribution in [1.82, 2.24) is 9.62 Å². The normalized spacial score (nSPS) is 11.6. The van der Waals surface area contributed by atoms with E-state index >= 15 is 0 Å². The quantitative estimate of drug-likeness (QED) is 0.560. The van der Waals surface area contributed by atoms with Gasteiger partial charge in [-0.2, -0.15) is 0 Å². The summed E-state index contributed by atoms with van der Waals surface area (Å²) in [6, 6.07) is 4.93. The van der Waals surface area contributed by atoms with Gasteiger partial charge in [0.2, 0.25) is 10.0 Å². The summed E-state index contributed by atoms with van der Waals surface area (Å²) in [5.74, 6) is 0.678. The Kier molecular flexibility index (Phi) is 6.87. The fourth-order valence-corrected chi connectivity index (χ4v) is 3.26. The van der Waals surface area contributed by atoms with E-state index in [1.165, 1.54) is 4.31 Å². The van der Waals surface area contributed by atoms with Gasteiger partial charge in [0.05, 0.1) is 12.0 Å². The average molecular weight is 312 g/mol. The third-order valence-electron chi connectivity index (χ3n) is 3.21. The van der Waals surface area contributed by atoms with Crippen molar-refractivity contribution in [1.29, 1.82) is 0 Å². The maximum Gasteiger partial charge on any atom is 0.242 e. The summed E-state index contributed by atoms with van der Waals surface area (Å²) in [6.45, 7) is 4.66. The molecule has 1 N–H and O–H groups in total. The SMILES string of the molecule is C=CCCCN(C)S(=O)(=O)c1ccc(OC)c(CNC)c1. The summed E-state index contributed by atoms with van der Waals surface area (Å²) in [6.07, 6.45) is 3.35. The van der Waals surface area contributed by atoms with Gasteiger partial charge < -0.3 is 10.1 Å². The van der Waals surface area contributed by atoms with Gasteiger partial charge >= 0.3 is 0 Å². The lowest BCUT2D eigenvalue weighted by Crippen LogP contribution is -2.28. The summed E-state index contributed by atoms with van der Waals surface area (Å²) < 4.78 is 31.7. The number of nitrogens with zero attached hydrogens (tertiary/aromatic N) is 1. The molecule has 6 heteroatoms. The standard InChI is InChI=1S/C15H24N2O3S/c1-5-6-7-10-17(3)21(18,19)14-8-9-15(20-4)13(11-14)12-16-2/h5,8-9,11,16H,1,6-7,10,12H2,2-4H3. The highest BCUT2D eigenvalue weighted by Crippen LogP contribution is 2.24. The van der Waals surface area contributed by atoms with Gasteiger partial charge in [-0.3, -0.25) is 0 Å². The van der Waals surface area contributed by atoms with Crippen LogP contribution in [0.25, 0.3) is 0 Å². The molecule has 0 saturated carbocycles. The van der Waals surface area contributed by atoms with E-state index in [0.29, 0.717) is 18.8 Å². The van der Waals surface area contributed by atoms with Crippen LogP contribution in [0.2, 0.25) is 0 Å². The maximum atomic E-state index is 12.5. The lowest BCUT2D eigenvalue weighted by molar-refractivity contribution is 0.407. The molecule has 0 radical (unpaired) electrons. The third-order valence-corrected chi connectivity index (χ3v) is 5.06. The topological polar surface area (TPSA) is 58.6 Å². The number of nitrogens with one attached hydrogen (secondary N) is 1. The fourth-order valence-electron chi connectivity index (χ4n) is 2.00. The zero-order valence-corrected chi connectivity index (χ0v) is 13.7. The van der Waals surface area contributed by atoms with Crippen molar-refractivity contribution >= 4 is 10.0 Å². The predicted octanol–water partition coefficient (Wildman–Crippen LogP) is 2.00. The van der Waals surface area contributed by atoms with Gasteiger partial charge in [0.1, 0.15) is 5.75 Å². The average Bonchev–Trinajstić information content (AvgIpc) is 2.47. The molecule has 1 aromatic rings. The van der Waals surface area contributed by atoms with Crippen LogP contribution in [-0.4, -0.2) is 40.5 Å². The largest absolute Gasteiger partial charge is 0.496 e. The van der Waals surface area contributed by atoms with Crippen LogP contribution in [0.15, 0.2) is 35.7 Å². The number of rotatable bonds is 9. The van der Waals surface area contributed by atoms with E-state index in [1.54, 1.807) is 38.4 Å². The molecule has 0 aromatic heterocycles. The second-order valence-corrected chi connectivity index (χ2v) is 6.81. The summed E-state index contributed by atoms with van der Waals surface area (Å²) in [7, 11) is 1.51. The van der Waals surface area contributed by atoms with Crippen molar-refractivity contribution in [3.8, 4) is 5.75 Å². The van der Waals surface area contributed by atoms with Crippen LogP contribution in [-0.2, 0) is 16.6 Å². The van der Waals surface area contributed by atoms with Gasteiger partial charge in [0.25, 0.3) is 0 Å². The molecule has 1 rings (SSSR count). The molecule has 0 fully saturated rings. The van der Waals surface area contributed by atoms with E-state index in [4.69, 9.17) is 4.74 Å². The summed E-state index contributed by atoms with van der Waals surface area (Å²) >= 11 is 0. The number of hydrogen-bond donors (Lipinski definition) is 1. The Bertz CT molecular complexity index is 570. The lowest BCUT2D eigenvalue weighted by atomic mass is 10.2. The van der Waals surface area contributed by atoms with Crippen LogP contribution in [0.1, 0.15) is 18.4 Å². The first-order valence-corrected chi connectivity index (χ1v) is 8.30. The minimum atomic E-state index is -3.47. The monoisotopic (exact) mass is 312 g/mol. The van der Waals surface area contributed by atoms with Gasteiger partial charge in [-0.1, -0.05) is 6.08 Å². The number of hydrogen-bond acceptors (Lipinski definition) is 4. The molecular weight excluding hydrogens is 288 g/mol. The predicted molar refractivity (Wildman–Crippen MR) is 85.0 cm³/mol. The van der Waals surface area contributed by atoms with Crippen molar-refractivity contribution in [3.05, 3.63) is 36.4 Å². The van der Waals surface area contributed by atoms with Crippen LogP contribution in [0.4, 0.5) is 0 Å². The third kappa shape index (κ3) is 4.56. The van der Waals surface area contributed by atoms with Crippen LogP contribution in [0, 0.1) is 0 Å². The Morgan fingerprint density at radius 2 is 2.14 bits per heavy atom. The Morgan fingerprint density at radius 3 is 2.71 bits per heavy atom. The molecule has 0 aliphatic carbocycles. The van der Waals surface area contributed by atoms with Crippen molar-refractivity contribution in [2.45, 2.75) is 24.3 Å². The fraction of sp³-hybridized carbons (Fsp3) is 0.467. The Balaban J connectivity index is 3.02. The molecule has 0 spiro atoms. The molecule has 0 atom stereocenters. The maximum absolute atomic E-state index is 12.5. The first kappa shape index (κ1) is 17.7. The molecule has 5 nitrogen and oxygen atoms in total. The molecule has 0 aliphatic rings. The first-order chi connectivity index (χ1) is 9.97. The Hall–Kier alpha value is -1.37. The van der Waals surface area contributed by atoms with Gasteiger partial charge in [-0.15, -0.1) is 6.58 Å². The molecule has 118 valence electrons. The second-order valence-electron chi connectivity index (χ2n) is 4.76. The van der Waals surface area contributed by atoms with Crippen LogP contribution < -0.4 is 10.1 Å². The number of ether oxygens (including phenoxy) is 1. The number of benzene rings is 1. The molecule has 0 unspecified atom stereocenters. The zero-order valence-electron chi connectivity index (χ0n) is 12.9. The second kappa shape index (κ2) is 8.17. The van der Waals surface area contributed by atoms with E-state index in [2.05, 4.69) is 11.9 Å². The number of allylic oxidation sites excluding steroid dienone is 1. The van der Waals surface area contributed by atoms with Crippen LogP contribution in [0.5, 0.6) is 5.75 Å².